The number of aromatic hydroxyl groups is 1. The van der Waals surface area contributed by atoms with Gasteiger partial charge in [-0.3, -0.25) is 19.7 Å². The lowest BCUT2D eigenvalue weighted by Gasteiger charge is -2.47. The van der Waals surface area contributed by atoms with Crippen molar-refractivity contribution in [2.24, 2.45) is 17.0 Å². The van der Waals surface area contributed by atoms with Crippen molar-refractivity contribution in [1.29, 1.82) is 0 Å². The number of hydrogen-bond donors (Lipinski definition) is 1. The summed E-state index contributed by atoms with van der Waals surface area (Å²) < 4.78 is 11.3. The molecule has 0 heterocycles. The number of carbonyl (C=O) groups excluding carboxylic acids is 2. The van der Waals surface area contributed by atoms with Crippen LogP contribution in [0.25, 0.3) is 0 Å². The molecule has 214 valence electrons. The molecule has 0 saturated heterocycles. The minimum absolute atomic E-state index is 0.0210. The van der Waals surface area contributed by atoms with E-state index >= 15 is 0 Å². The zero-order valence-electron chi connectivity index (χ0n) is 23.3. The quantitative estimate of drug-likeness (QED) is 0.162. The third-order valence-corrected chi connectivity index (χ3v) is 9.13. The molecule has 2 aromatic carbocycles. The van der Waals surface area contributed by atoms with Gasteiger partial charge in [0, 0.05) is 32.0 Å². The third kappa shape index (κ3) is 6.52. The lowest BCUT2D eigenvalue weighted by atomic mass is 9.55. The maximum absolute atomic E-state index is 13.5. The van der Waals surface area contributed by atoms with E-state index in [0.717, 1.165) is 17.2 Å². The maximum atomic E-state index is 13.5. The summed E-state index contributed by atoms with van der Waals surface area (Å²) in [6.07, 6.45) is 1.02. The zero-order valence-corrected chi connectivity index (χ0v) is 24.3. The number of benzene rings is 2. The second-order valence-electron chi connectivity index (χ2n) is 11.6. The number of nitrogens with zero attached hydrogens (tertiary/aromatic N) is 2. The van der Waals surface area contributed by atoms with Crippen LogP contribution in [-0.2, 0) is 30.5 Å². The number of oxime groups is 1. The normalized spacial score (nSPS) is 22.4. The molecule has 1 fully saturated rings. The van der Waals surface area contributed by atoms with Crippen molar-refractivity contribution in [3.63, 3.8) is 0 Å². The fourth-order valence-electron chi connectivity index (χ4n) is 5.43. The molecule has 0 radical (unpaired) electrons. The van der Waals surface area contributed by atoms with Crippen LogP contribution >= 0.6 is 0 Å². The van der Waals surface area contributed by atoms with Crippen molar-refractivity contribution in [3.8, 4) is 5.75 Å². The van der Waals surface area contributed by atoms with Gasteiger partial charge < -0.3 is 19.4 Å². The van der Waals surface area contributed by atoms with Crippen LogP contribution in [0.5, 0.6) is 5.75 Å². The number of non-ortho nitro benzene ring substituents is 1. The number of rotatable bonds is 11. The van der Waals surface area contributed by atoms with Gasteiger partial charge in [0.2, 0.25) is 0 Å². The Morgan fingerprint density at radius 2 is 1.70 bits per heavy atom. The lowest BCUT2D eigenvalue weighted by Crippen LogP contribution is -2.51. The fraction of sp³-hybridized carbons (Fsp3) is 0.483. The van der Waals surface area contributed by atoms with Gasteiger partial charge in [0.15, 0.2) is 0 Å². The highest BCUT2D eigenvalue weighted by Gasteiger charge is 2.57. The SMILES string of the molecule is CCCOC(=O)[C@H]1[C@H](C(=O)OCC[Si](C)(C)C)C2C/C(=N\OCc3ccc([N+](=O)[O-])cc3)[C@H]1c1cc(O)ccc12. The second kappa shape index (κ2) is 12.2. The predicted molar refractivity (Wildman–Crippen MR) is 151 cm³/mol. The molecule has 3 aliphatic carbocycles. The van der Waals surface area contributed by atoms with Crippen molar-refractivity contribution >= 4 is 31.4 Å². The largest absolute Gasteiger partial charge is 0.508 e. The Labute approximate surface area is 234 Å². The van der Waals surface area contributed by atoms with Crippen LogP contribution in [0, 0.1) is 22.0 Å². The molecule has 4 atom stereocenters. The summed E-state index contributed by atoms with van der Waals surface area (Å²) in [6.45, 7) is 9.11. The van der Waals surface area contributed by atoms with Gasteiger partial charge in [0.25, 0.3) is 5.69 Å². The molecule has 11 heteroatoms. The molecule has 1 unspecified atom stereocenters. The first-order valence-electron chi connectivity index (χ1n) is 13.6. The fourth-order valence-corrected chi connectivity index (χ4v) is 6.15. The van der Waals surface area contributed by atoms with Gasteiger partial charge in [-0.25, -0.2) is 0 Å². The van der Waals surface area contributed by atoms with E-state index in [4.69, 9.17) is 14.3 Å². The monoisotopic (exact) mass is 568 g/mol. The average molecular weight is 569 g/mol. The highest BCUT2D eigenvalue weighted by atomic mass is 28.3. The summed E-state index contributed by atoms with van der Waals surface area (Å²) in [5.41, 5.74) is 2.85. The van der Waals surface area contributed by atoms with E-state index in [1.807, 2.05) is 6.92 Å². The Bertz CT molecular complexity index is 1290. The highest BCUT2D eigenvalue weighted by molar-refractivity contribution is 6.76. The molecule has 1 saturated carbocycles. The molecule has 1 N–H and O–H groups in total. The van der Waals surface area contributed by atoms with Crippen LogP contribution in [0.15, 0.2) is 47.6 Å². The maximum Gasteiger partial charge on any atom is 0.310 e. The Kier molecular flexibility index (Phi) is 8.92. The summed E-state index contributed by atoms with van der Waals surface area (Å²) in [5.74, 6) is -3.53. The van der Waals surface area contributed by atoms with E-state index in [2.05, 4.69) is 24.8 Å². The molecule has 3 aliphatic rings. The predicted octanol–water partition coefficient (Wildman–Crippen LogP) is 5.52. The van der Waals surface area contributed by atoms with E-state index in [9.17, 15) is 24.8 Å². The summed E-state index contributed by atoms with van der Waals surface area (Å²) in [4.78, 5) is 43.1. The highest BCUT2D eigenvalue weighted by Crippen LogP contribution is 2.56. The van der Waals surface area contributed by atoms with E-state index < -0.39 is 48.6 Å². The van der Waals surface area contributed by atoms with Gasteiger partial charge >= 0.3 is 11.9 Å². The van der Waals surface area contributed by atoms with Gasteiger partial charge in [-0.15, -0.1) is 0 Å². The summed E-state index contributed by atoms with van der Waals surface area (Å²) in [6, 6.07) is 11.8. The molecular weight excluding hydrogens is 532 g/mol. The first-order valence-corrected chi connectivity index (χ1v) is 17.3. The van der Waals surface area contributed by atoms with Crippen LogP contribution in [0.3, 0.4) is 0 Å². The summed E-state index contributed by atoms with van der Waals surface area (Å²) >= 11 is 0. The molecular formula is C29H36N2O8Si. The summed E-state index contributed by atoms with van der Waals surface area (Å²) in [7, 11) is -1.44. The van der Waals surface area contributed by atoms with Crippen molar-refractivity contribution in [2.75, 3.05) is 13.2 Å². The lowest BCUT2D eigenvalue weighted by molar-refractivity contribution is -0.384. The standard InChI is InChI=1S/C29H36N2O8Si/c1-5-12-37-29(34)27-25-22-15-20(32)10-11-21(22)23(26(27)28(33)38-13-14-40(2,3)4)16-24(25)30-39-17-18-6-8-19(9-7-18)31(35)36/h6-11,15,23,25-27,32H,5,12-14,16-17H2,1-4H3/b30-24+/t23?,25-,26-,27-/m1/s1. The van der Waals surface area contributed by atoms with Crippen molar-refractivity contribution in [2.45, 2.75) is 63.9 Å². The van der Waals surface area contributed by atoms with Crippen molar-refractivity contribution in [3.05, 3.63) is 69.3 Å². The van der Waals surface area contributed by atoms with Gasteiger partial charge in [0.1, 0.15) is 12.4 Å². The second-order valence-corrected chi connectivity index (χ2v) is 17.2. The zero-order chi connectivity index (χ0) is 29.0. The smallest absolute Gasteiger partial charge is 0.310 e. The Morgan fingerprint density at radius 3 is 2.35 bits per heavy atom. The third-order valence-electron chi connectivity index (χ3n) is 7.42. The number of carbonyl (C=O) groups is 2. The first-order chi connectivity index (χ1) is 19.0. The number of nitro groups is 1. The molecule has 0 amide bonds. The Balaban J connectivity index is 1.65. The Hall–Kier alpha value is -3.73. The minimum atomic E-state index is -1.44. The molecule has 40 heavy (non-hydrogen) atoms. The molecule has 2 bridgehead atoms. The number of ether oxygens (including phenoxy) is 2. The average Bonchev–Trinajstić information content (AvgIpc) is 2.90. The molecule has 5 rings (SSSR count). The van der Waals surface area contributed by atoms with Crippen LogP contribution in [0.4, 0.5) is 5.69 Å². The number of fused-ring (bicyclic) bond motifs is 2. The van der Waals surface area contributed by atoms with E-state index in [1.165, 1.54) is 12.1 Å². The number of hydrogen-bond acceptors (Lipinski definition) is 9. The number of nitro benzene ring substituents is 1. The molecule has 0 aromatic heterocycles. The number of phenols is 1. The van der Waals surface area contributed by atoms with Crippen LogP contribution < -0.4 is 0 Å². The van der Waals surface area contributed by atoms with Gasteiger partial charge in [-0.2, -0.15) is 0 Å². The van der Waals surface area contributed by atoms with Gasteiger partial charge in [0.05, 0.1) is 35.7 Å². The van der Waals surface area contributed by atoms with Crippen LogP contribution in [0.1, 0.15) is 48.3 Å². The molecule has 0 aliphatic heterocycles. The molecule has 10 nitrogen and oxygen atoms in total. The topological polar surface area (TPSA) is 138 Å². The minimum Gasteiger partial charge on any atom is -0.508 e. The first kappa shape index (κ1) is 29.3. The molecule has 2 aromatic rings. The Morgan fingerprint density at radius 1 is 1.02 bits per heavy atom. The van der Waals surface area contributed by atoms with Gasteiger partial charge in [-0.05, 0) is 59.8 Å². The van der Waals surface area contributed by atoms with Crippen LogP contribution in [0.2, 0.25) is 25.7 Å². The number of esters is 2. The number of phenolic OH excluding ortho intramolecular Hbond substituents is 1. The van der Waals surface area contributed by atoms with Crippen molar-refractivity contribution < 1.29 is 33.9 Å². The van der Waals surface area contributed by atoms with Crippen LogP contribution in [-0.4, -0.2) is 49.0 Å². The van der Waals surface area contributed by atoms with Gasteiger partial charge in [-0.1, -0.05) is 37.8 Å². The van der Waals surface area contributed by atoms with Crippen molar-refractivity contribution in [1.82, 2.24) is 0 Å². The molecule has 0 spiro atoms. The van der Waals surface area contributed by atoms with E-state index in [0.29, 0.717) is 30.7 Å². The van der Waals surface area contributed by atoms with E-state index in [-0.39, 0.29) is 24.7 Å². The summed E-state index contributed by atoms with van der Waals surface area (Å²) in [5, 5.41) is 25.6. The van der Waals surface area contributed by atoms with E-state index in [1.54, 1.807) is 30.3 Å².